The molecule has 0 saturated heterocycles. The van der Waals surface area contributed by atoms with Crippen LogP contribution < -0.4 is 4.74 Å². The molecule has 7 heteroatoms. The molecular weight excluding hydrogens is 401 g/mol. The highest BCUT2D eigenvalue weighted by Crippen LogP contribution is 2.34. The molecule has 2 aliphatic rings. The number of hydrogen-bond acceptors (Lipinski definition) is 2. The van der Waals surface area contributed by atoms with E-state index in [1.807, 2.05) is 60.9 Å². The van der Waals surface area contributed by atoms with Gasteiger partial charge in [-0.2, -0.15) is 0 Å². The van der Waals surface area contributed by atoms with Gasteiger partial charge >= 0.3 is 6.97 Å². The zero-order chi connectivity index (χ0) is 20.7. The normalized spacial score (nSPS) is 16.7. The number of fused-ring (bicyclic) bond motifs is 2. The van der Waals surface area contributed by atoms with E-state index in [1.165, 1.54) is 15.8 Å². The number of hydrogen-bond donors (Lipinski definition) is 0. The Morgan fingerprint density at radius 3 is 2.63 bits per heavy atom. The number of allylic oxidation sites excluding steroid dienone is 2. The maximum Gasteiger partial charge on any atom is 0.737 e. The summed E-state index contributed by atoms with van der Waals surface area (Å²) in [5, 5.41) is 1.90. The SMILES string of the molecule is CCOc1ccc(C=Cc2ccc3n2[B-](F)(F)[N+]2=C(c4cccs4)C=CC2=C3)cc1. The molecule has 0 spiro atoms. The number of nitrogens with zero attached hydrogens (tertiary/aromatic N) is 2. The third-order valence-electron chi connectivity index (χ3n) is 5.26. The van der Waals surface area contributed by atoms with E-state index in [9.17, 15) is 0 Å². The van der Waals surface area contributed by atoms with Crippen molar-refractivity contribution in [2.24, 2.45) is 0 Å². The summed E-state index contributed by atoms with van der Waals surface area (Å²) in [7, 11) is 0. The third kappa shape index (κ3) is 3.06. The van der Waals surface area contributed by atoms with Crippen LogP contribution in [0.25, 0.3) is 18.2 Å². The van der Waals surface area contributed by atoms with Gasteiger partial charge in [-0.05, 0) is 54.3 Å². The summed E-state index contributed by atoms with van der Waals surface area (Å²) in [6.07, 6.45) is 8.92. The highest BCUT2D eigenvalue weighted by molar-refractivity contribution is 7.12. The Bertz CT molecular complexity index is 1220. The summed E-state index contributed by atoms with van der Waals surface area (Å²) in [6, 6.07) is 14.8. The molecule has 3 nitrogen and oxygen atoms in total. The average Bonchev–Trinajstić information content (AvgIpc) is 3.47. The highest BCUT2D eigenvalue weighted by atomic mass is 32.1. The van der Waals surface area contributed by atoms with Crippen LogP contribution >= 0.6 is 11.3 Å². The predicted octanol–water partition coefficient (Wildman–Crippen LogP) is 5.77. The lowest BCUT2D eigenvalue weighted by Crippen LogP contribution is -2.50. The molecule has 0 fully saturated rings. The third-order valence-corrected chi connectivity index (χ3v) is 6.15. The second kappa shape index (κ2) is 7.25. The second-order valence-electron chi connectivity index (χ2n) is 7.11. The van der Waals surface area contributed by atoms with Gasteiger partial charge in [-0.15, -0.1) is 11.3 Å². The molecule has 30 heavy (non-hydrogen) atoms. The lowest BCUT2D eigenvalue weighted by molar-refractivity contribution is -0.360. The van der Waals surface area contributed by atoms with Gasteiger partial charge in [0.2, 0.25) is 0 Å². The van der Waals surface area contributed by atoms with Gasteiger partial charge in [0.25, 0.3) is 0 Å². The summed E-state index contributed by atoms with van der Waals surface area (Å²) >= 11 is 1.46. The summed E-state index contributed by atoms with van der Waals surface area (Å²) in [4.78, 5) is 0.832. The molecule has 0 atom stereocenters. The van der Waals surface area contributed by atoms with Crippen molar-refractivity contribution in [3.05, 3.63) is 93.6 Å². The standard InChI is InChI=1S/C23H19BF2N2OS/c1-2-29-21-12-6-17(7-13-21)5-8-18-9-10-19-16-20-11-14-22(23-4-3-15-30-23)28(20)24(25,26)27(18)19/h3-16H,2H2,1H3. The van der Waals surface area contributed by atoms with Gasteiger partial charge in [-0.25, -0.2) is 0 Å². The number of ether oxygens (including phenoxy) is 1. The molecule has 1 aromatic carbocycles. The van der Waals surface area contributed by atoms with E-state index in [2.05, 4.69) is 0 Å². The second-order valence-corrected chi connectivity index (χ2v) is 8.06. The molecule has 0 radical (unpaired) electrons. The van der Waals surface area contributed by atoms with E-state index in [0.29, 0.717) is 29.4 Å². The molecule has 2 aromatic heterocycles. The Kier molecular flexibility index (Phi) is 4.55. The Labute approximate surface area is 177 Å². The Morgan fingerprint density at radius 2 is 1.90 bits per heavy atom. The van der Waals surface area contributed by atoms with Gasteiger partial charge < -0.3 is 22.3 Å². The Morgan fingerprint density at radius 1 is 1.07 bits per heavy atom. The van der Waals surface area contributed by atoms with Crippen molar-refractivity contribution in [3.8, 4) is 5.75 Å². The maximum atomic E-state index is 15.8. The molecular formula is C23H19BF2N2OS. The van der Waals surface area contributed by atoms with Gasteiger partial charge in [0.05, 0.1) is 11.5 Å². The van der Waals surface area contributed by atoms with E-state index in [4.69, 9.17) is 4.74 Å². The zero-order valence-electron chi connectivity index (χ0n) is 16.3. The fourth-order valence-electron chi connectivity index (χ4n) is 3.94. The predicted molar refractivity (Wildman–Crippen MR) is 120 cm³/mol. The van der Waals surface area contributed by atoms with Crippen LogP contribution in [0, 0.1) is 0 Å². The fourth-order valence-corrected chi connectivity index (χ4v) is 4.68. The minimum absolute atomic E-state index is 0.469. The summed E-state index contributed by atoms with van der Waals surface area (Å²) in [5.41, 5.74) is 2.97. The minimum Gasteiger partial charge on any atom is -0.494 e. The molecule has 0 amide bonds. The van der Waals surface area contributed by atoms with Crippen molar-refractivity contribution >= 4 is 42.2 Å². The number of benzene rings is 1. The largest absolute Gasteiger partial charge is 0.737 e. The van der Waals surface area contributed by atoms with E-state index < -0.39 is 6.97 Å². The first-order valence-corrected chi connectivity index (χ1v) is 10.7. The van der Waals surface area contributed by atoms with Crippen LogP contribution in [0.5, 0.6) is 5.75 Å². The molecule has 0 N–H and O–H groups in total. The zero-order valence-corrected chi connectivity index (χ0v) is 17.2. The summed E-state index contributed by atoms with van der Waals surface area (Å²) in [6.45, 7) is -1.48. The highest BCUT2D eigenvalue weighted by Gasteiger charge is 2.52. The summed E-state index contributed by atoms with van der Waals surface area (Å²) in [5.74, 6) is 0.792. The van der Waals surface area contributed by atoms with Crippen molar-refractivity contribution in [1.29, 1.82) is 0 Å². The molecule has 0 aliphatic carbocycles. The smallest absolute Gasteiger partial charge is 0.494 e. The van der Waals surface area contributed by atoms with E-state index in [1.54, 1.807) is 30.4 Å². The van der Waals surface area contributed by atoms with E-state index in [0.717, 1.165) is 20.7 Å². The van der Waals surface area contributed by atoms with Crippen LogP contribution in [0.2, 0.25) is 0 Å². The molecule has 0 unspecified atom stereocenters. The minimum atomic E-state index is -4.02. The Balaban J connectivity index is 1.53. The summed E-state index contributed by atoms with van der Waals surface area (Å²) < 4.78 is 39.3. The monoisotopic (exact) mass is 420 g/mol. The van der Waals surface area contributed by atoms with Crippen molar-refractivity contribution in [2.45, 2.75) is 6.92 Å². The first-order valence-electron chi connectivity index (χ1n) is 9.82. The van der Waals surface area contributed by atoms with Gasteiger partial charge in [-0.1, -0.05) is 24.3 Å². The van der Waals surface area contributed by atoms with Crippen LogP contribution in [0.1, 0.15) is 28.8 Å². The first kappa shape index (κ1) is 18.8. The lowest BCUT2D eigenvalue weighted by atomic mass is 9.90. The van der Waals surface area contributed by atoms with Crippen LogP contribution in [0.4, 0.5) is 8.63 Å². The van der Waals surface area contributed by atoms with Crippen LogP contribution in [0.15, 0.2) is 71.8 Å². The molecule has 3 aromatic rings. The van der Waals surface area contributed by atoms with Crippen molar-refractivity contribution < 1.29 is 17.9 Å². The first-order chi connectivity index (χ1) is 14.6. The number of thiophene rings is 1. The van der Waals surface area contributed by atoms with Crippen molar-refractivity contribution in [1.82, 2.24) is 4.48 Å². The topological polar surface area (TPSA) is 17.2 Å². The number of aromatic nitrogens is 1. The van der Waals surface area contributed by atoms with Gasteiger partial charge in [0.15, 0.2) is 11.4 Å². The molecule has 4 heterocycles. The van der Waals surface area contributed by atoms with Crippen LogP contribution in [0.3, 0.4) is 0 Å². The van der Waals surface area contributed by atoms with Gasteiger partial charge in [-0.3, -0.25) is 0 Å². The van der Waals surface area contributed by atoms with Crippen LogP contribution in [-0.2, 0) is 0 Å². The number of rotatable bonds is 5. The van der Waals surface area contributed by atoms with Crippen molar-refractivity contribution in [3.63, 3.8) is 0 Å². The molecule has 150 valence electrons. The quantitative estimate of drug-likeness (QED) is 0.479. The van der Waals surface area contributed by atoms with E-state index >= 15 is 8.63 Å². The van der Waals surface area contributed by atoms with E-state index in [-0.39, 0.29) is 0 Å². The molecule has 2 aliphatic heterocycles. The number of halogens is 2. The lowest BCUT2D eigenvalue weighted by Gasteiger charge is -2.30. The molecule has 0 saturated carbocycles. The van der Waals surface area contributed by atoms with Gasteiger partial charge in [0.1, 0.15) is 5.75 Å². The average molecular weight is 420 g/mol. The fraction of sp³-hybridized carbons (Fsp3) is 0.0870. The van der Waals surface area contributed by atoms with Crippen LogP contribution in [-0.4, -0.2) is 28.3 Å². The molecule has 5 rings (SSSR count). The van der Waals surface area contributed by atoms with Gasteiger partial charge in [0, 0.05) is 29.6 Å². The Hall–Kier alpha value is -3.19. The van der Waals surface area contributed by atoms with Crippen molar-refractivity contribution in [2.75, 3.05) is 6.61 Å². The molecule has 0 bridgehead atoms. The maximum absolute atomic E-state index is 15.8.